The Morgan fingerprint density at radius 2 is 2.00 bits per heavy atom. The zero-order valence-corrected chi connectivity index (χ0v) is 13.8. The third-order valence-electron chi connectivity index (χ3n) is 2.75. The average Bonchev–Trinajstić information content (AvgIpc) is 2.85. The lowest BCUT2D eigenvalue weighted by atomic mass is 10.2. The maximum absolute atomic E-state index is 11.9. The van der Waals surface area contributed by atoms with Gasteiger partial charge in [-0.2, -0.15) is 4.37 Å². The van der Waals surface area contributed by atoms with Gasteiger partial charge in [0.15, 0.2) is 11.8 Å². The van der Waals surface area contributed by atoms with Gasteiger partial charge in [0.1, 0.15) is 9.36 Å². The van der Waals surface area contributed by atoms with Crippen molar-refractivity contribution in [1.29, 1.82) is 0 Å². The Balaban J connectivity index is 1.88. The van der Waals surface area contributed by atoms with Crippen molar-refractivity contribution in [2.45, 2.75) is 19.6 Å². The Kier molecular flexibility index (Phi) is 5.76. The summed E-state index contributed by atoms with van der Waals surface area (Å²) in [5, 5.41) is 2.72. The number of aromatic nitrogens is 1. The lowest BCUT2D eigenvalue weighted by Gasteiger charge is -2.13. The number of carbonyl (C=O) groups is 2. The molecule has 22 heavy (non-hydrogen) atoms. The molecule has 1 aromatic heterocycles. The van der Waals surface area contributed by atoms with Gasteiger partial charge in [0.2, 0.25) is 0 Å². The van der Waals surface area contributed by atoms with Crippen molar-refractivity contribution in [3.05, 3.63) is 50.9 Å². The molecule has 1 atom stereocenters. The fourth-order valence-corrected chi connectivity index (χ4v) is 2.56. The molecule has 0 saturated carbocycles. The summed E-state index contributed by atoms with van der Waals surface area (Å²) in [7, 11) is 0. The van der Waals surface area contributed by atoms with E-state index in [9.17, 15) is 9.59 Å². The van der Waals surface area contributed by atoms with E-state index in [0.717, 1.165) is 17.1 Å². The third kappa shape index (κ3) is 4.19. The molecule has 1 amide bonds. The van der Waals surface area contributed by atoms with E-state index < -0.39 is 18.0 Å². The molecule has 0 unspecified atom stereocenters. The summed E-state index contributed by atoms with van der Waals surface area (Å²) in [6, 6.07) is 9.40. The number of carbonyl (C=O) groups excluding carboxylic acids is 2. The van der Waals surface area contributed by atoms with E-state index in [2.05, 4.69) is 9.69 Å². The van der Waals surface area contributed by atoms with Gasteiger partial charge in [-0.15, -0.1) is 0 Å². The molecule has 0 spiro atoms. The molecule has 5 nitrogen and oxygen atoms in total. The van der Waals surface area contributed by atoms with E-state index in [1.165, 1.54) is 6.92 Å². The minimum Gasteiger partial charge on any atom is -0.448 e. The van der Waals surface area contributed by atoms with Crippen LogP contribution in [0.3, 0.4) is 0 Å². The summed E-state index contributed by atoms with van der Waals surface area (Å²) in [6.45, 7) is 1.82. The van der Waals surface area contributed by atoms with Crippen molar-refractivity contribution >= 4 is 46.6 Å². The van der Waals surface area contributed by atoms with Crippen LogP contribution in [0.1, 0.15) is 23.0 Å². The molecule has 116 valence electrons. The van der Waals surface area contributed by atoms with Crippen LogP contribution >= 0.6 is 34.7 Å². The van der Waals surface area contributed by atoms with E-state index in [1.54, 1.807) is 0 Å². The summed E-state index contributed by atoms with van der Waals surface area (Å²) >= 11 is 12.4. The number of amides is 1. The van der Waals surface area contributed by atoms with Gasteiger partial charge < -0.3 is 10.1 Å². The topological polar surface area (TPSA) is 68.3 Å². The predicted octanol–water partition coefficient (Wildman–Crippen LogP) is 3.31. The number of benzene rings is 1. The zero-order chi connectivity index (χ0) is 16.1. The molecule has 0 bridgehead atoms. The monoisotopic (exact) mass is 358 g/mol. The first-order chi connectivity index (χ1) is 10.5. The molecule has 0 aliphatic rings. The number of rotatable bonds is 5. The highest BCUT2D eigenvalue weighted by molar-refractivity contribution is 7.11. The molecule has 0 aliphatic heterocycles. The lowest BCUT2D eigenvalue weighted by Crippen LogP contribution is -2.35. The molecule has 0 radical (unpaired) electrons. The summed E-state index contributed by atoms with van der Waals surface area (Å²) in [4.78, 5) is 23.8. The highest BCUT2D eigenvalue weighted by Crippen LogP contribution is 2.29. The highest BCUT2D eigenvalue weighted by Gasteiger charge is 2.23. The minimum atomic E-state index is -0.965. The second-order valence-electron chi connectivity index (χ2n) is 4.37. The number of nitrogens with zero attached hydrogens (tertiary/aromatic N) is 1. The van der Waals surface area contributed by atoms with E-state index in [0.29, 0.717) is 6.54 Å². The van der Waals surface area contributed by atoms with Gasteiger partial charge in [0.25, 0.3) is 5.91 Å². The van der Waals surface area contributed by atoms with Crippen LogP contribution in [0.25, 0.3) is 0 Å². The maximum atomic E-state index is 11.9. The first kappa shape index (κ1) is 16.7. The van der Waals surface area contributed by atoms with Gasteiger partial charge in [-0.25, -0.2) is 4.79 Å². The Labute approximate surface area is 141 Å². The van der Waals surface area contributed by atoms with E-state index in [-0.39, 0.29) is 15.1 Å². The Bertz CT molecular complexity index is 676. The van der Waals surface area contributed by atoms with Gasteiger partial charge in [-0.1, -0.05) is 53.5 Å². The van der Waals surface area contributed by atoms with Crippen LogP contribution in [-0.2, 0) is 16.1 Å². The Morgan fingerprint density at radius 1 is 1.32 bits per heavy atom. The van der Waals surface area contributed by atoms with Crippen LogP contribution < -0.4 is 5.32 Å². The maximum Gasteiger partial charge on any atom is 0.360 e. The SMILES string of the molecule is C[C@@H](OC(=O)c1nsc(Cl)c1Cl)C(=O)NCc1ccccc1. The van der Waals surface area contributed by atoms with Crippen LogP contribution in [0.4, 0.5) is 0 Å². The Morgan fingerprint density at radius 3 is 2.59 bits per heavy atom. The summed E-state index contributed by atoms with van der Waals surface area (Å²) in [6.07, 6.45) is -0.965. The number of hydrogen-bond donors (Lipinski definition) is 1. The van der Waals surface area contributed by atoms with Gasteiger partial charge in [-0.3, -0.25) is 4.79 Å². The zero-order valence-electron chi connectivity index (χ0n) is 11.5. The summed E-state index contributed by atoms with van der Waals surface area (Å²) in [5.74, 6) is -1.19. The second-order valence-corrected chi connectivity index (χ2v) is 6.12. The third-order valence-corrected chi connectivity index (χ3v) is 4.36. The van der Waals surface area contributed by atoms with Crippen LogP contribution in [0.2, 0.25) is 9.36 Å². The van der Waals surface area contributed by atoms with E-state index >= 15 is 0 Å². The molecule has 0 fully saturated rings. The van der Waals surface area contributed by atoms with E-state index in [1.807, 2.05) is 30.3 Å². The smallest absolute Gasteiger partial charge is 0.360 e. The number of nitrogens with one attached hydrogen (secondary N) is 1. The lowest BCUT2D eigenvalue weighted by molar-refractivity contribution is -0.129. The molecule has 2 aromatic rings. The van der Waals surface area contributed by atoms with Crippen molar-refractivity contribution in [2.75, 3.05) is 0 Å². The quantitative estimate of drug-likeness (QED) is 0.832. The fourth-order valence-electron chi connectivity index (χ4n) is 1.58. The minimum absolute atomic E-state index is 0.0357. The number of halogens is 2. The number of ether oxygens (including phenoxy) is 1. The van der Waals surface area contributed by atoms with Crippen molar-refractivity contribution in [3.63, 3.8) is 0 Å². The standard InChI is InChI=1S/C14H12Cl2N2O3S/c1-8(13(19)17-7-9-5-3-2-4-6-9)21-14(20)11-10(15)12(16)22-18-11/h2-6,8H,7H2,1H3,(H,17,19)/t8-/m1/s1. The second kappa shape index (κ2) is 7.58. The van der Waals surface area contributed by atoms with Gasteiger partial charge >= 0.3 is 5.97 Å². The molecule has 2 rings (SSSR count). The molecule has 1 N–H and O–H groups in total. The van der Waals surface area contributed by atoms with E-state index in [4.69, 9.17) is 27.9 Å². The van der Waals surface area contributed by atoms with Crippen molar-refractivity contribution < 1.29 is 14.3 Å². The highest BCUT2D eigenvalue weighted by atomic mass is 35.5. The molecule has 1 heterocycles. The summed E-state index contributed by atoms with van der Waals surface area (Å²) < 4.78 is 9.03. The first-order valence-electron chi connectivity index (χ1n) is 6.32. The normalized spacial score (nSPS) is 11.8. The molecular weight excluding hydrogens is 347 g/mol. The number of hydrogen-bond acceptors (Lipinski definition) is 5. The van der Waals surface area contributed by atoms with Crippen LogP contribution in [0.5, 0.6) is 0 Å². The summed E-state index contributed by atoms with van der Waals surface area (Å²) in [5.41, 5.74) is 0.864. The van der Waals surface area contributed by atoms with Crippen molar-refractivity contribution in [1.82, 2.24) is 9.69 Å². The molecular formula is C14H12Cl2N2O3S. The van der Waals surface area contributed by atoms with Gasteiger partial charge in [0.05, 0.1) is 0 Å². The molecule has 1 aromatic carbocycles. The van der Waals surface area contributed by atoms with Gasteiger partial charge in [0, 0.05) is 6.54 Å². The average molecular weight is 359 g/mol. The first-order valence-corrected chi connectivity index (χ1v) is 7.85. The molecule has 0 aliphatic carbocycles. The fraction of sp³-hybridized carbons (Fsp3) is 0.214. The van der Waals surface area contributed by atoms with Crippen molar-refractivity contribution in [2.24, 2.45) is 0 Å². The van der Waals surface area contributed by atoms with Crippen LogP contribution in [0.15, 0.2) is 30.3 Å². The van der Waals surface area contributed by atoms with Crippen LogP contribution in [-0.4, -0.2) is 22.4 Å². The largest absolute Gasteiger partial charge is 0.448 e. The Hall–Kier alpha value is -1.63. The van der Waals surface area contributed by atoms with Gasteiger partial charge in [-0.05, 0) is 24.0 Å². The number of esters is 1. The van der Waals surface area contributed by atoms with Crippen LogP contribution in [0, 0.1) is 0 Å². The molecule has 8 heteroatoms. The molecule has 0 saturated heterocycles. The predicted molar refractivity (Wildman–Crippen MR) is 85.3 cm³/mol. The van der Waals surface area contributed by atoms with Crippen molar-refractivity contribution in [3.8, 4) is 0 Å².